The molecular weight excluding hydrogens is 407 g/mol. The quantitative estimate of drug-likeness (QED) is 0.762. The van der Waals surface area contributed by atoms with Gasteiger partial charge in [-0.1, -0.05) is 29.6 Å². The molecular formula is C19H20Cl2N2O3S. The molecule has 144 valence electrons. The van der Waals surface area contributed by atoms with Crippen LogP contribution >= 0.6 is 23.2 Å². The van der Waals surface area contributed by atoms with Gasteiger partial charge in [0.05, 0.1) is 4.90 Å². The number of benzene rings is 2. The number of anilines is 1. The van der Waals surface area contributed by atoms with Gasteiger partial charge in [-0.25, -0.2) is 8.42 Å². The number of halogens is 2. The largest absolute Gasteiger partial charge is 0.322 e. The first-order chi connectivity index (χ1) is 12.8. The maximum Gasteiger partial charge on any atom is 0.255 e. The number of carbonyl (C=O) groups excluding carboxylic acids is 1. The van der Waals surface area contributed by atoms with Crippen LogP contribution in [0.25, 0.3) is 0 Å². The number of sulfonamides is 1. The second-order valence-corrected chi connectivity index (χ2v) is 9.36. The van der Waals surface area contributed by atoms with Crippen LogP contribution in [0.15, 0.2) is 47.4 Å². The summed E-state index contributed by atoms with van der Waals surface area (Å²) in [5.41, 5.74) is 0.813. The molecule has 0 saturated carbocycles. The lowest BCUT2D eigenvalue weighted by molar-refractivity contribution is 0.102. The monoisotopic (exact) mass is 426 g/mol. The molecule has 1 amide bonds. The Hall–Kier alpha value is -1.60. The topological polar surface area (TPSA) is 66.5 Å². The van der Waals surface area contributed by atoms with Gasteiger partial charge < -0.3 is 5.32 Å². The summed E-state index contributed by atoms with van der Waals surface area (Å²) in [7, 11) is -3.56. The molecule has 2 aromatic rings. The maximum absolute atomic E-state index is 12.8. The maximum atomic E-state index is 12.8. The van der Waals surface area contributed by atoms with Crippen LogP contribution in [0.3, 0.4) is 0 Å². The van der Waals surface area contributed by atoms with Gasteiger partial charge in [-0.2, -0.15) is 4.31 Å². The highest BCUT2D eigenvalue weighted by Crippen LogP contribution is 2.26. The molecule has 1 aliphatic rings. The zero-order valence-corrected chi connectivity index (χ0v) is 17.1. The predicted molar refractivity (Wildman–Crippen MR) is 108 cm³/mol. The summed E-state index contributed by atoms with van der Waals surface area (Å²) >= 11 is 11.9. The Morgan fingerprint density at radius 2 is 1.70 bits per heavy atom. The number of amides is 1. The molecule has 3 rings (SSSR count). The second-order valence-electron chi connectivity index (χ2n) is 6.60. The van der Waals surface area contributed by atoms with Crippen molar-refractivity contribution in [1.82, 2.24) is 4.31 Å². The lowest BCUT2D eigenvalue weighted by Crippen LogP contribution is -2.41. The molecule has 1 unspecified atom stereocenters. The van der Waals surface area contributed by atoms with Crippen LogP contribution in [0.4, 0.5) is 5.69 Å². The predicted octanol–water partition coefficient (Wildman–Crippen LogP) is 4.81. The number of hydrogen-bond acceptors (Lipinski definition) is 3. The number of rotatable bonds is 4. The molecule has 1 fully saturated rings. The third kappa shape index (κ3) is 4.63. The molecule has 0 bridgehead atoms. The molecule has 27 heavy (non-hydrogen) atoms. The van der Waals surface area contributed by atoms with E-state index in [4.69, 9.17) is 23.2 Å². The summed E-state index contributed by atoms with van der Waals surface area (Å²) in [6.45, 7) is 2.45. The Bertz CT molecular complexity index is 926. The fourth-order valence-corrected chi connectivity index (χ4v) is 5.40. The van der Waals surface area contributed by atoms with Crippen molar-refractivity contribution in [3.8, 4) is 0 Å². The van der Waals surface area contributed by atoms with Crippen LogP contribution in [0.1, 0.15) is 36.5 Å². The molecule has 1 heterocycles. The van der Waals surface area contributed by atoms with Crippen LogP contribution in [0, 0.1) is 0 Å². The van der Waals surface area contributed by atoms with Gasteiger partial charge in [-0.3, -0.25) is 4.79 Å². The summed E-state index contributed by atoms with van der Waals surface area (Å²) in [6.07, 6.45) is 2.77. The molecule has 1 aliphatic heterocycles. The van der Waals surface area contributed by atoms with E-state index in [1.165, 1.54) is 24.3 Å². The molecule has 0 aromatic heterocycles. The first-order valence-electron chi connectivity index (χ1n) is 8.67. The summed E-state index contributed by atoms with van der Waals surface area (Å²) in [5, 5.41) is 3.52. The van der Waals surface area contributed by atoms with Crippen molar-refractivity contribution in [1.29, 1.82) is 0 Å². The first-order valence-corrected chi connectivity index (χ1v) is 10.9. The Morgan fingerprint density at radius 3 is 2.30 bits per heavy atom. The van der Waals surface area contributed by atoms with Gasteiger partial charge in [-0.15, -0.1) is 0 Å². The third-order valence-corrected chi connectivity index (χ3v) is 7.05. The zero-order valence-electron chi connectivity index (χ0n) is 14.8. The van der Waals surface area contributed by atoms with E-state index in [1.807, 2.05) is 6.92 Å². The summed E-state index contributed by atoms with van der Waals surface area (Å²) in [4.78, 5) is 12.6. The lowest BCUT2D eigenvalue weighted by Gasteiger charge is -2.32. The lowest BCUT2D eigenvalue weighted by atomic mass is 10.1. The van der Waals surface area contributed by atoms with Crippen molar-refractivity contribution >= 4 is 44.8 Å². The molecule has 0 aliphatic carbocycles. The van der Waals surface area contributed by atoms with Crippen molar-refractivity contribution in [2.24, 2.45) is 0 Å². The van der Waals surface area contributed by atoms with E-state index >= 15 is 0 Å². The van der Waals surface area contributed by atoms with Crippen molar-refractivity contribution in [2.45, 2.75) is 37.1 Å². The van der Waals surface area contributed by atoms with Gasteiger partial charge in [0.15, 0.2) is 0 Å². The fourth-order valence-electron chi connectivity index (χ4n) is 3.17. The Morgan fingerprint density at radius 1 is 1.07 bits per heavy atom. The number of nitrogens with zero attached hydrogens (tertiary/aromatic N) is 1. The van der Waals surface area contributed by atoms with Gasteiger partial charge in [0, 0.05) is 33.9 Å². The van der Waals surface area contributed by atoms with Crippen LogP contribution < -0.4 is 5.32 Å². The highest BCUT2D eigenvalue weighted by atomic mass is 35.5. The smallest absolute Gasteiger partial charge is 0.255 e. The van der Waals surface area contributed by atoms with E-state index in [-0.39, 0.29) is 16.8 Å². The summed E-state index contributed by atoms with van der Waals surface area (Å²) < 4.78 is 27.2. The SMILES string of the molecule is CC1CCCCN1S(=O)(=O)c1ccc(C(=O)Nc2cc(Cl)cc(Cl)c2)cc1. The zero-order chi connectivity index (χ0) is 19.6. The van der Waals surface area contributed by atoms with Crippen LogP contribution in [0.2, 0.25) is 10.0 Å². The van der Waals surface area contributed by atoms with E-state index in [1.54, 1.807) is 22.5 Å². The number of hydrogen-bond donors (Lipinski definition) is 1. The molecule has 0 radical (unpaired) electrons. The Kier molecular flexibility index (Phi) is 6.11. The number of piperidine rings is 1. The fraction of sp³-hybridized carbons (Fsp3) is 0.316. The van der Waals surface area contributed by atoms with Crippen molar-refractivity contribution in [2.75, 3.05) is 11.9 Å². The highest BCUT2D eigenvalue weighted by molar-refractivity contribution is 7.89. The van der Waals surface area contributed by atoms with E-state index in [2.05, 4.69) is 5.32 Å². The van der Waals surface area contributed by atoms with Crippen LogP contribution in [-0.4, -0.2) is 31.2 Å². The van der Waals surface area contributed by atoms with Gasteiger partial charge in [-0.05, 0) is 62.2 Å². The number of nitrogens with one attached hydrogen (secondary N) is 1. The average molecular weight is 427 g/mol. The van der Waals surface area contributed by atoms with Crippen LogP contribution in [0.5, 0.6) is 0 Å². The van der Waals surface area contributed by atoms with E-state index < -0.39 is 10.0 Å². The highest BCUT2D eigenvalue weighted by Gasteiger charge is 2.30. The Balaban J connectivity index is 1.77. The number of carbonyl (C=O) groups is 1. The van der Waals surface area contributed by atoms with E-state index in [0.29, 0.717) is 27.8 Å². The normalized spacial score (nSPS) is 18.3. The second kappa shape index (κ2) is 8.19. The molecule has 1 N–H and O–H groups in total. The molecule has 5 nitrogen and oxygen atoms in total. The molecule has 0 spiro atoms. The molecule has 1 atom stereocenters. The van der Waals surface area contributed by atoms with Gasteiger partial charge in [0.25, 0.3) is 5.91 Å². The van der Waals surface area contributed by atoms with Gasteiger partial charge >= 0.3 is 0 Å². The standard InChI is InChI=1S/C19H20Cl2N2O3S/c1-13-4-2-3-9-23(13)27(25,26)18-7-5-14(6-8-18)19(24)22-17-11-15(20)10-16(21)12-17/h5-8,10-13H,2-4,9H2,1H3,(H,22,24). The van der Waals surface area contributed by atoms with Gasteiger partial charge in [0.1, 0.15) is 0 Å². The minimum Gasteiger partial charge on any atom is -0.322 e. The summed E-state index contributed by atoms with van der Waals surface area (Å²) in [5.74, 6) is -0.372. The first kappa shape index (κ1) is 20.1. The van der Waals surface area contributed by atoms with Crippen molar-refractivity contribution in [3.63, 3.8) is 0 Å². The van der Waals surface area contributed by atoms with Crippen molar-refractivity contribution in [3.05, 3.63) is 58.1 Å². The third-order valence-electron chi connectivity index (χ3n) is 4.59. The summed E-state index contributed by atoms with van der Waals surface area (Å²) in [6, 6.07) is 10.7. The molecule has 1 saturated heterocycles. The van der Waals surface area contributed by atoms with E-state index in [0.717, 1.165) is 19.3 Å². The minimum atomic E-state index is -3.56. The molecule has 8 heteroatoms. The van der Waals surface area contributed by atoms with Gasteiger partial charge in [0.2, 0.25) is 10.0 Å². The van der Waals surface area contributed by atoms with E-state index in [9.17, 15) is 13.2 Å². The average Bonchev–Trinajstić information content (AvgIpc) is 2.61. The Labute approximate surface area is 169 Å². The minimum absolute atomic E-state index is 0.0145. The van der Waals surface area contributed by atoms with Crippen molar-refractivity contribution < 1.29 is 13.2 Å². The molecule has 2 aromatic carbocycles. The van der Waals surface area contributed by atoms with Crippen LogP contribution in [-0.2, 0) is 10.0 Å².